The Morgan fingerprint density at radius 2 is 1.65 bits per heavy atom. The van der Waals surface area contributed by atoms with Crippen LogP contribution in [0.4, 0.5) is 4.39 Å². The van der Waals surface area contributed by atoms with Crippen molar-refractivity contribution in [2.75, 3.05) is 0 Å². The minimum Gasteiger partial charge on any atom is -0.494 e. The average Bonchev–Trinajstić information content (AvgIpc) is 3.44. The monoisotopic (exact) mass is 581 g/mol. The molecular weight excluding hydrogens is 545 g/mol. The van der Waals surface area contributed by atoms with Gasteiger partial charge in [-0.3, -0.25) is 18.8 Å². The van der Waals surface area contributed by atoms with E-state index in [9.17, 15) is 14.7 Å². The fraction of sp³-hybridized carbons (Fsp3) is 0.294. The van der Waals surface area contributed by atoms with E-state index in [1.807, 2.05) is 38.2 Å². The van der Waals surface area contributed by atoms with Gasteiger partial charge in [0.25, 0.3) is 11.1 Å². The maximum absolute atomic E-state index is 15.4. The molecule has 8 nitrogen and oxygen atoms in total. The summed E-state index contributed by atoms with van der Waals surface area (Å²) in [5.41, 5.74) is 3.17. The Bertz CT molecular complexity index is 1900. The quantitative estimate of drug-likeness (QED) is 0.242. The standard InChI is InChI=1S/C34H36FN5O3/c1-6-23-10-8-11-24(7-2)30(23)40-31(29-15-17-39(37-29)20-21(3)4)36-32(41)27(34(40)43)18-22-13-14-25(28(35)19-22)26-12-9-16-38(5)33(26)42/h8-17,19,21,43H,6-7,18,20H2,1-5H3. The first-order chi connectivity index (χ1) is 20.6. The summed E-state index contributed by atoms with van der Waals surface area (Å²) in [5, 5.41) is 16.5. The van der Waals surface area contributed by atoms with Gasteiger partial charge in [0.15, 0.2) is 5.82 Å². The second kappa shape index (κ2) is 12.2. The molecule has 0 atom stereocenters. The van der Waals surface area contributed by atoms with Crippen molar-refractivity contribution in [1.82, 2.24) is 23.9 Å². The van der Waals surface area contributed by atoms with Gasteiger partial charge >= 0.3 is 0 Å². The van der Waals surface area contributed by atoms with Crippen LogP contribution in [0.1, 0.15) is 49.9 Å². The zero-order chi connectivity index (χ0) is 30.8. The van der Waals surface area contributed by atoms with Crippen LogP contribution in [0.15, 0.2) is 76.6 Å². The SMILES string of the molecule is CCc1cccc(CC)c1-n1c(-c2ccn(CC(C)C)n2)nc(=O)c(Cc2ccc(-c3cccn(C)c3=O)c(F)c2)c1O. The van der Waals surface area contributed by atoms with Crippen LogP contribution >= 0.6 is 0 Å². The molecule has 43 heavy (non-hydrogen) atoms. The van der Waals surface area contributed by atoms with Crippen LogP contribution in [0.3, 0.4) is 0 Å². The normalized spacial score (nSPS) is 11.4. The Morgan fingerprint density at radius 1 is 0.930 bits per heavy atom. The highest BCUT2D eigenvalue weighted by atomic mass is 19.1. The van der Waals surface area contributed by atoms with Gasteiger partial charge in [0.1, 0.15) is 11.5 Å². The maximum Gasteiger partial charge on any atom is 0.280 e. The first kappa shape index (κ1) is 29.7. The van der Waals surface area contributed by atoms with Gasteiger partial charge in [-0.15, -0.1) is 0 Å². The number of halogens is 1. The summed E-state index contributed by atoms with van der Waals surface area (Å²) in [4.78, 5) is 30.5. The molecule has 0 unspecified atom stereocenters. The third-order valence-corrected chi connectivity index (χ3v) is 7.60. The minimum absolute atomic E-state index is 0.0427. The van der Waals surface area contributed by atoms with Gasteiger partial charge in [0, 0.05) is 38.0 Å². The zero-order valence-corrected chi connectivity index (χ0v) is 25.1. The smallest absolute Gasteiger partial charge is 0.280 e. The lowest BCUT2D eigenvalue weighted by Gasteiger charge is -2.21. The molecule has 222 valence electrons. The lowest BCUT2D eigenvalue weighted by Crippen LogP contribution is -2.22. The predicted molar refractivity (Wildman–Crippen MR) is 166 cm³/mol. The maximum atomic E-state index is 15.4. The molecule has 3 aromatic heterocycles. The Morgan fingerprint density at radius 3 is 2.30 bits per heavy atom. The lowest BCUT2D eigenvalue weighted by molar-refractivity contribution is 0.428. The van der Waals surface area contributed by atoms with E-state index in [0.717, 1.165) is 16.8 Å². The van der Waals surface area contributed by atoms with Crippen molar-refractivity contribution >= 4 is 0 Å². The molecule has 5 rings (SSSR count). The number of para-hydroxylation sites is 1. The summed E-state index contributed by atoms with van der Waals surface area (Å²) in [5.74, 6) is -0.246. The number of pyridine rings is 1. The topological polar surface area (TPSA) is 94.9 Å². The molecule has 1 N–H and O–H groups in total. The van der Waals surface area contributed by atoms with Crippen LogP contribution in [-0.2, 0) is 32.9 Å². The minimum atomic E-state index is -0.615. The van der Waals surface area contributed by atoms with E-state index in [0.29, 0.717) is 36.6 Å². The third kappa shape index (κ3) is 5.80. The molecule has 0 bridgehead atoms. The molecule has 0 aliphatic rings. The highest BCUT2D eigenvalue weighted by molar-refractivity contribution is 5.64. The Labute approximate surface area is 249 Å². The zero-order valence-electron chi connectivity index (χ0n) is 25.1. The molecule has 0 saturated heterocycles. The first-order valence-electron chi connectivity index (χ1n) is 14.6. The van der Waals surface area contributed by atoms with Crippen molar-refractivity contribution in [2.24, 2.45) is 13.0 Å². The first-order valence-corrected chi connectivity index (χ1v) is 14.6. The van der Waals surface area contributed by atoms with Gasteiger partial charge in [-0.2, -0.15) is 10.1 Å². The molecule has 0 amide bonds. The molecule has 2 aromatic carbocycles. The predicted octanol–water partition coefficient (Wildman–Crippen LogP) is 5.68. The van der Waals surface area contributed by atoms with Gasteiger partial charge in [-0.1, -0.05) is 58.0 Å². The van der Waals surface area contributed by atoms with Gasteiger partial charge < -0.3 is 9.67 Å². The lowest BCUT2D eigenvalue weighted by atomic mass is 10.00. The van der Waals surface area contributed by atoms with Crippen LogP contribution in [0.2, 0.25) is 0 Å². The molecular formula is C34H36FN5O3. The summed E-state index contributed by atoms with van der Waals surface area (Å²) in [7, 11) is 1.61. The molecule has 0 fully saturated rings. The summed E-state index contributed by atoms with van der Waals surface area (Å²) >= 11 is 0. The number of aromatic hydroxyl groups is 1. The van der Waals surface area contributed by atoms with E-state index in [1.54, 1.807) is 46.8 Å². The van der Waals surface area contributed by atoms with E-state index in [2.05, 4.69) is 23.9 Å². The molecule has 0 spiro atoms. The van der Waals surface area contributed by atoms with Gasteiger partial charge in [0.2, 0.25) is 5.88 Å². The number of benzene rings is 2. The molecule has 0 aliphatic carbocycles. The number of rotatable bonds is 9. The number of nitrogens with zero attached hydrogens (tertiary/aromatic N) is 5. The van der Waals surface area contributed by atoms with Gasteiger partial charge in [-0.05, 0) is 59.7 Å². The summed E-state index contributed by atoms with van der Waals surface area (Å²) in [6.45, 7) is 8.95. The van der Waals surface area contributed by atoms with Crippen LogP contribution < -0.4 is 11.1 Å². The molecule has 0 aliphatic heterocycles. The summed E-state index contributed by atoms with van der Waals surface area (Å²) < 4.78 is 20.2. The molecule has 9 heteroatoms. The van der Waals surface area contributed by atoms with E-state index >= 15 is 4.39 Å². The summed E-state index contributed by atoms with van der Waals surface area (Å²) in [6.07, 6.45) is 4.78. The molecule has 3 heterocycles. The van der Waals surface area contributed by atoms with Crippen molar-refractivity contribution in [3.05, 3.63) is 116 Å². The van der Waals surface area contributed by atoms with E-state index in [-0.39, 0.29) is 40.4 Å². The second-order valence-corrected chi connectivity index (χ2v) is 11.2. The second-order valence-electron chi connectivity index (χ2n) is 11.2. The Kier molecular flexibility index (Phi) is 8.43. The van der Waals surface area contributed by atoms with Crippen molar-refractivity contribution in [1.29, 1.82) is 0 Å². The molecule has 0 saturated carbocycles. The van der Waals surface area contributed by atoms with Gasteiger partial charge in [-0.25, -0.2) is 4.39 Å². The van der Waals surface area contributed by atoms with Gasteiger partial charge in [0.05, 0.1) is 16.8 Å². The largest absolute Gasteiger partial charge is 0.494 e. The Balaban J connectivity index is 1.67. The average molecular weight is 582 g/mol. The van der Waals surface area contributed by atoms with Crippen molar-refractivity contribution in [3.63, 3.8) is 0 Å². The van der Waals surface area contributed by atoms with Crippen LogP contribution in [0.25, 0.3) is 28.3 Å². The number of hydrogen-bond donors (Lipinski definition) is 1. The number of aryl methyl sites for hydroxylation is 3. The highest BCUT2D eigenvalue weighted by Crippen LogP contribution is 2.33. The molecule has 5 aromatic rings. The fourth-order valence-corrected chi connectivity index (χ4v) is 5.44. The highest BCUT2D eigenvalue weighted by Gasteiger charge is 2.24. The van der Waals surface area contributed by atoms with Crippen LogP contribution in [0.5, 0.6) is 5.88 Å². The van der Waals surface area contributed by atoms with E-state index < -0.39 is 11.4 Å². The van der Waals surface area contributed by atoms with Crippen LogP contribution in [0, 0.1) is 11.7 Å². The number of hydrogen-bond acceptors (Lipinski definition) is 5. The summed E-state index contributed by atoms with van der Waals surface area (Å²) in [6, 6.07) is 15.5. The third-order valence-electron chi connectivity index (χ3n) is 7.60. The van der Waals surface area contributed by atoms with Crippen molar-refractivity contribution in [3.8, 4) is 34.2 Å². The van der Waals surface area contributed by atoms with Crippen LogP contribution in [-0.4, -0.2) is 29.0 Å². The van der Waals surface area contributed by atoms with Crippen molar-refractivity contribution < 1.29 is 9.50 Å². The van der Waals surface area contributed by atoms with E-state index in [1.165, 1.54) is 16.7 Å². The fourth-order valence-electron chi connectivity index (χ4n) is 5.44. The Hall–Kier alpha value is -4.79. The number of aromatic nitrogens is 5. The molecule has 0 radical (unpaired) electrons. The van der Waals surface area contributed by atoms with Crippen molar-refractivity contribution in [2.45, 2.75) is 53.5 Å². The van der Waals surface area contributed by atoms with E-state index in [4.69, 9.17) is 0 Å².